The Morgan fingerprint density at radius 2 is 1.73 bits per heavy atom. The number of hydrazone groups is 1. The number of nitrogens with zero attached hydrogens (tertiary/aromatic N) is 1. The fourth-order valence-corrected chi connectivity index (χ4v) is 2.22. The summed E-state index contributed by atoms with van der Waals surface area (Å²) in [6, 6.07) is 11.4. The zero-order valence-corrected chi connectivity index (χ0v) is 14.8. The first-order valence-corrected chi connectivity index (χ1v) is 8.08. The normalized spacial score (nSPS) is 11.4. The number of benzene rings is 2. The highest BCUT2D eigenvalue weighted by Gasteiger charge is 2.34. The highest BCUT2D eigenvalue weighted by Crippen LogP contribution is 2.31. The Morgan fingerprint density at radius 1 is 1.08 bits per heavy atom. The van der Waals surface area contributed by atoms with E-state index < -0.39 is 35.7 Å². The Labute approximate surface area is 155 Å². The first kappa shape index (κ1) is 19.6. The molecule has 0 unspecified atom stereocenters. The molecular formula is C17H13BrF3N3O2. The summed E-state index contributed by atoms with van der Waals surface area (Å²) in [7, 11) is 0. The topological polar surface area (TPSA) is 70.6 Å². The highest BCUT2D eigenvalue weighted by atomic mass is 79.9. The average Bonchev–Trinajstić information content (AvgIpc) is 2.60. The summed E-state index contributed by atoms with van der Waals surface area (Å²) < 4.78 is 39.5. The van der Waals surface area contributed by atoms with E-state index in [4.69, 9.17) is 0 Å². The van der Waals surface area contributed by atoms with Gasteiger partial charge in [-0.2, -0.15) is 18.3 Å². The van der Waals surface area contributed by atoms with Crippen LogP contribution in [0.1, 0.15) is 21.5 Å². The lowest BCUT2D eigenvalue weighted by Gasteiger charge is -2.12. The summed E-state index contributed by atoms with van der Waals surface area (Å²) in [4.78, 5) is 23.5. The molecule has 2 amide bonds. The van der Waals surface area contributed by atoms with Crippen LogP contribution < -0.4 is 10.7 Å². The zero-order valence-electron chi connectivity index (χ0n) is 13.2. The van der Waals surface area contributed by atoms with Crippen LogP contribution in [0, 0.1) is 0 Å². The van der Waals surface area contributed by atoms with Gasteiger partial charge < -0.3 is 5.32 Å². The van der Waals surface area contributed by atoms with Crippen molar-refractivity contribution in [3.8, 4) is 0 Å². The van der Waals surface area contributed by atoms with E-state index in [2.05, 4.69) is 31.8 Å². The van der Waals surface area contributed by atoms with Gasteiger partial charge in [0.25, 0.3) is 11.8 Å². The van der Waals surface area contributed by atoms with Crippen molar-refractivity contribution in [3.05, 3.63) is 69.7 Å². The molecule has 2 aromatic carbocycles. The maximum absolute atomic E-state index is 12.9. The largest absolute Gasteiger partial charge is 0.417 e. The van der Waals surface area contributed by atoms with Gasteiger partial charge in [0.15, 0.2) is 0 Å². The second kappa shape index (κ2) is 8.61. The fourth-order valence-electron chi connectivity index (χ4n) is 1.95. The van der Waals surface area contributed by atoms with Crippen molar-refractivity contribution in [3.63, 3.8) is 0 Å². The van der Waals surface area contributed by atoms with Gasteiger partial charge in [-0.1, -0.05) is 40.2 Å². The summed E-state index contributed by atoms with van der Waals surface area (Å²) in [5, 5.41) is 5.84. The SMILES string of the molecule is O=C(CNC(=O)c1ccccc1C(F)(F)F)N/N=C/c1ccc(Br)cc1. The van der Waals surface area contributed by atoms with Crippen LogP contribution in [0.25, 0.3) is 0 Å². The third-order valence-corrected chi connectivity index (χ3v) is 3.69. The van der Waals surface area contributed by atoms with Crippen LogP contribution in [0.4, 0.5) is 13.2 Å². The average molecular weight is 428 g/mol. The number of amides is 2. The number of nitrogens with one attached hydrogen (secondary N) is 2. The minimum absolute atomic E-state index is 0.511. The molecule has 0 aliphatic carbocycles. The molecule has 0 saturated carbocycles. The Bertz CT molecular complexity index is 821. The Morgan fingerprint density at radius 3 is 2.38 bits per heavy atom. The summed E-state index contributed by atoms with van der Waals surface area (Å²) in [6.07, 6.45) is -3.27. The third-order valence-electron chi connectivity index (χ3n) is 3.16. The van der Waals surface area contributed by atoms with Crippen LogP contribution in [0.5, 0.6) is 0 Å². The van der Waals surface area contributed by atoms with Gasteiger partial charge in [0.1, 0.15) is 0 Å². The van der Waals surface area contributed by atoms with Crippen molar-refractivity contribution >= 4 is 34.0 Å². The molecule has 0 aliphatic heterocycles. The van der Waals surface area contributed by atoms with Crippen LogP contribution in [0.3, 0.4) is 0 Å². The first-order valence-electron chi connectivity index (χ1n) is 7.29. The molecule has 2 aromatic rings. The molecule has 0 radical (unpaired) electrons. The molecule has 0 saturated heterocycles. The number of hydrogen-bond donors (Lipinski definition) is 2. The molecule has 0 aliphatic rings. The molecule has 0 spiro atoms. The van der Waals surface area contributed by atoms with E-state index in [1.165, 1.54) is 18.3 Å². The van der Waals surface area contributed by atoms with Gasteiger partial charge in [0.2, 0.25) is 0 Å². The molecule has 2 N–H and O–H groups in total. The molecule has 0 atom stereocenters. The molecule has 0 fully saturated rings. The number of halogens is 4. The molecule has 0 bridgehead atoms. The maximum Gasteiger partial charge on any atom is 0.417 e. The molecule has 9 heteroatoms. The summed E-state index contributed by atoms with van der Waals surface area (Å²) >= 11 is 3.28. The number of rotatable bonds is 5. The van der Waals surface area contributed by atoms with Crippen molar-refractivity contribution in [1.29, 1.82) is 0 Å². The van der Waals surface area contributed by atoms with Crippen molar-refractivity contribution in [2.75, 3.05) is 6.54 Å². The van der Waals surface area contributed by atoms with E-state index in [-0.39, 0.29) is 0 Å². The Balaban J connectivity index is 1.89. The quantitative estimate of drug-likeness (QED) is 0.567. The van der Waals surface area contributed by atoms with Gasteiger partial charge in [-0.3, -0.25) is 9.59 Å². The van der Waals surface area contributed by atoms with E-state index in [1.807, 2.05) is 0 Å². The predicted molar refractivity (Wildman–Crippen MR) is 93.7 cm³/mol. The second-order valence-corrected chi connectivity index (χ2v) is 5.99. The summed E-state index contributed by atoms with van der Waals surface area (Å²) in [5.41, 5.74) is 1.30. The van der Waals surface area contributed by atoms with Crippen molar-refractivity contribution in [1.82, 2.24) is 10.7 Å². The lowest BCUT2D eigenvalue weighted by Crippen LogP contribution is -2.35. The van der Waals surface area contributed by atoms with Crippen LogP contribution in [0.15, 0.2) is 58.1 Å². The van der Waals surface area contributed by atoms with Crippen LogP contribution in [-0.4, -0.2) is 24.6 Å². The van der Waals surface area contributed by atoms with E-state index >= 15 is 0 Å². The first-order chi connectivity index (χ1) is 12.3. The Kier molecular flexibility index (Phi) is 6.51. The van der Waals surface area contributed by atoms with Crippen molar-refractivity contribution in [2.24, 2.45) is 5.10 Å². The molecule has 5 nitrogen and oxygen atoms in total. The summed E-state index contributed by atoms with van der Waals surface area (Å²) in [6.45, 7) is -0.511. The summed E-state index contributed by atoms with van der Waals surface area (Å²) in [5.74, 6) is -1.67. The minimum atomic E-state index is -4.66. The standard InChI is InChI=1S/C17H13BrF3N3O2/c18-12-7-5-11(6-8-12)9-23-24-15(25)10-22-16(26)13-3-1-2-4-14(13)17(19,20)21/h1-9H,10H2,(H,22,26)(H,24,25)/b23-9+. The molecule has 0 aromatic heterocycles. The highest BCUT2D eigenvalue weighted by molar-refractivity contribution is 9.10. The van der Waals surface area contributed by atoms with Gasteiger partial charge in [0.05, 0.1) is 23.9 Å². The van der Waals surface area contributed by atoms with Gasteiger partial charge >= 0.3 is 6.18 Å². The number of carbonyl (C=O) groups excluding carboxylic acids is 2. The third kappa shape index (κ3) is 5.69. The van der Waals surface area contributed by atoms with E-state index in [9.17, 15) is 22.8 Å². The molecule has 2 rings (SSSR count). The second-order valence-electron chi connectivity index (χ2n) is 5.07. The van der Waals surface area contributed by atoms with Crippen molar-refractivity contribution < 1.29 is 22.8 Å². The number of alkyl halides is 3. The van der Waals surface area contributed by atoms with Crippen LogP contribution in [-0.2, 0) is 11.0 Å². The Hall–Kier alpha value is -2.68. The smallest absolute Gasteiger partial charge is 0.343 e. The predicted octanol–water partition coefficient (Wildman–Crippen LogP) is 3.35. The number of hydrogen-bond acceptors (Lipinski definition) is 3. The van der Waals surface area contributed by atoms with E-state index in [0.717, 1.165) is 22.2 Å². The fraction of sp³-hybridized carbons (Fsp3) is 0.118. The minimum Gasteiger partial charge on any atom is -0.343 e. The van der Waals surface area contributed by atoms with Gasteiger partial charge in [-0.25, -0.2) is 5.43 Å². The molecule has 0 heterocycles. The molecular weight excluding hydrogens is 415 g/mol. The monoisotopic (exact) mass is 427 g/mol. The lowest BCUT2D eigenvalue weighted by molar-refractivity contribution is -0.137. The van der Waals surface area contributed by atoms with Crippen LogP contribution in [0.2, 0.25) is 0 Å². The zero-order chi connectivity index (χ0) is 19.2. The van der Waals surface area contributed by atoms with Gasteiger partial charge in [-0.05, 0) is 29.8 Å². The lowest BCUT2D eigenvalue weighted by atomic mass is 10.1. The van der Waals surface area contributed by atoms with Gasteiger partial charge in [0, 0.05) is 4.47 Å². The van der Waals surface area contributed by atoms with E-state index in [0.29, 0.717) is 0 Å². The molecule has 26 heavy (non-hydrogen) atoms. The maximum atomic E-state index is 12.9. The molecule has 136 valence electrons. The van der Waals surface area contributed by atoms with Crippen molar-refractivity contribution in [2.45, 2.75) is 6.18 Å². The number of carbonyl (C=O) groups is 2. The van der Waals surface area contributed by atoms with Crippen LogP contribution >= 0.6 is 15.9 Å². The van der Waals surface area contributed by atoms with Gasteiger partial charge in [-0.15, -0.1) is 0 Å². The van der Waals surface area contributed by atoms with E-state index in [1.54, 1.807) is 24.3 Å².